The Kier molecular flexibility index (Phi) is 6.49. The van der Waals surface area contributed by atoms with E-state index in [-0.39, 0.29) is 4.90 Å². The number of sulfonamides is 1. The van der Waals surface area contributed by atoms with Crippen molar-refractivity contribution in [1.82, 2.24) is 0 Å². The van der Waals surface area contributed by atoms with Gasteiger partial charge in [0.15, 0.2) is 4.90 Å². The Morgan fingerprint density at radius 3 is 2.22 bits per heavy atom. The molecule has 12 heteroatoms. The zero-order valence-corrected chi connectivity index (χ0v) is 15.5. The summed E-state index contributed by atoms with van der Waals surface area (Å²) in [6.45, 7) is -1.61. The Hall–Kier alpha value is -2.12. The van der Waals surface area contributed by atoms with Gasteiger partial charge in [-0.2, -0.15) is 16.8 Å². The van der Waals surface area contributed by atoms with Crippen LogP contribution in [-0.2, 0) is 24.3 Å². The second-order valence-corrected chi connectivity index (χ2v) is 8.67. The van der Waals surface area contributed by atoms with E-state index in [1.807, 2.05) is 0 Å². The average molecular weight is 423 g/mol. The third-order valence-corrected chi connectivity index (χ3v) is 6.42. The molecular formula is C15H15F2NO7S2. The van der Waals surface area contributed by atoms with Crippen LogP contribution in [0.3, 0.4) is 0 Å². The Morgan fingerprint density at radius 2 is 1.67 bits per heavy atom. The Balaban J connectivity index is 2.04. The normalized spacial score (nSPS) is 13.3. The van der Waals surface area contributed by atoms with Crippen molar-refractivity contribution in [1.29, 1.82) is 0 Å². The van der Waals surface area contributed by atoms with Gasteiger partial charge in [0.1, 0.15) is 30.5 Å². The molecular weight excluding hydrogens is 408 g/mol. The molecule has 2 aromatic carbocycles. The zero-order chi connectivity index (χ0) is 20.2. The van der Waals surface area contributed by atoms with Gasteiger partial charge >= 0.3 is 10.0 Å². The number of ether oxygens (including phenoxy) is 1. The standard InChI is InChI=1S/C15H15F2NO7S2/c1-24-12-3-5-13(6-4-12)27(22,23)25-9-8-18(19)26(20,21)15-7-2-11(16)10-14(15)17/h2-7,10,18H,8-9H2,1H3. The summed E-state index contributed by atoms with van der Waals surface area (Å²) in [7, 11) is -7.58. The maximum absolute atomic E-state index is 13.6. The minimum Gasteiger partial charge on any atom is -0.618 e. The summed E-state index contributed by atoms with van der Waals surface area (Å²) in [6.07, 6.45) is 0. The topological polar surface area (TPSA) is 114 Å². The van der Waals surface area contributed by atoms with Crippen LogP contribution in [0, 0.1) is 16.8 Å². The zero-order valence-electron chi connectivity index (χ0n) is 13.9. The molecule has 0 radical (unpaired) electrons. The van der Waals surface area contributed by atoms with E-state index in [2.05, 4.69) is 4.18 Å². The molecule has 0 aromatic heterocycles. The first-order valence-electron chi connectivity index (χ1n) is 7.34. The minimum absolute atomic E-state index is 0.219. The first kappa shape index (κ1) is 21.2. The quantitative estimate of drug-likeness (QED) is 0.484. The van der Waals surface area contributed by atoms with E-state index in [4.69, 9.17) is 4.74 Å². The van der Waals surface area contributed by atoms with Crippen LogP contribution in [0.25, 0.3) is 0 Å². The van der Waals surface area contributed by atoms with E-state index < -0.39 is 54.3 Å². The van der Waals surface area contributed by atoms with Crippen molar-refractivity contribution in [2.24, 2.45) is 0 Å². The fourth-order valence-electron chi connectivity index (χ4n) is 2.00. The molecule has 0 aliphatic rings. The molecule has 0 aliphatic heterocycles. The number of methoxy groups -OCH3 is 1. The lowest BCUT2D eigenvalue weighted by Gasteiger charge is -2.21. The number of hydrogen-bond acceptors (Lipinski definition) is 7. The van der Waals surface area contributed by atoms with Gasteiger partial charge in [-0.15, -0.1) is 0 Å². The van der Waals surface area contributed by atoms with E-state index in [1.165, 1.54) is 31.4 Å². The average Bonchev–Trinajstić information content (AvgIpc) is 2.61. The second-order valence-electron chi connectivity index (χ2n) is 5.15. The summed E-state index contributed by atoms with van der Waals surface area (Å²) < 4.78 is 82.6. The lowest BCUT2D eigenvalue weighted by Crippen LogP contribution is -3.09. The van der Waals surface area contributed by atoms with Crippen LogP contribution in [0.15, 0.2) is 52.3 Å². The lowest BCUT2D eigenvalue weighted by molar-refractivity contribution is -0.708. The number of rotatable bonds is 8. The molecule has 2 aromatic rings. The lowest BCUT2D eigenvalue weighted by atomic mass is 10.3. The van der Waals surface area contributed by atoms with Crippen LogP contribution in [0.2, 0.25) is 0 Å². The minimum atomic E-state index is -4.75. The Bertz CT molecular complexity index is 1010. The predicted octanol–water partition coefficient (Wildman–Crippen LogP) is 0.450. The molecule has 0 spiro atoms. The molecule has 0 amide bonds. The SMILES string of the molecule is COc1ccc(S(=O)(=O)OCC[NH+]([O-])S(=O)(=O)c2ccc(F)cc2F)cc1. The van der Waals surface area contributed by atoms with Crippen LogP contribution in [0.5, 0.6) is 5.75 Å². The van der Waals surface area contributed by atoms with Gasteiger partial charge in [-0.1, -0.05) is 0 Å². The molecule has 2 rings (SSSR count). The van der Waals surface area contributed by atoms with E-state index in [9.17, 15) is 30.8 Å². The number of quaternary nitrogens is 1. The number of hydrogen-bond donors (Lipinski definition) is 1. The van der Waals surface area contributed by atoms with Crippen LogP contribution in [0.4, 0.5) is 8.78 Å². The van der Waals surface area contributed by atoms with Gasteiger partial charge in [0.05, 0.1) is 12.0 Å². The van der Waals surface area contributed by atoms with Crippen molar-refractivity contribution < 1.29 is 39.0 Å². The third-order valence-electron chi connectivity index (χ3n) is 3.38. The van der Waals surface area contributed by atoms with E-state index in [1.54, 1.807) is 0 Å². The van der Waals surface area contributed by atoms with Crippen LogP contribution in [0.1, 0.15) is 0 Å². The summed E-state index contributed by atoms with van der Waals surface area (Å²) >= 11 is 0. The molecule has 0 fully saturated rings. The third kappa shape index (κ3) is 4.99. The van der Waals surface area contributed by atoms with Gasteiger partial charge in [0.25, 0.3) is 10.1 Å². The van der Waals surface area contributed by atoms with E-state index >= 15 is 0 Å². The van der Waals surface area contributed by atoms with Crippen molar-refractivity contribution in [3.63, 3.8) is 0 Å². The molecule has 1 N–H and O–H groups in total. The highest BCUT2D eigenvalue weighted by Crippen LogP contribution is 2.17. The molecule has 27 heavy (non-hydrogen) atoms. The summed E-state index contributed by atoms with van der Waals surface area (Å²) in [5.74, 6) is -2.01. The Morgan fingerprint density at radius 1 is 1.04 bits per heavy atom. The van der Waals surface area contributed by atoms with Crippen molar-refractivity contribution in [2.75, 3.05) is 20.3 Å². The first-order valence-corrected chi connectivity index (χ1v) is 10.2. The van der Waals surface area contributed by atoms with Gasteiger partial charge in [0, 0.05) is 6.07 Å². The molecule has 1 atom stereocenters. The molecule has 8 nitrogen and oxygen atoms in total. The Labute approximate surface area is 154 Å². The highest BCUT2D eigenvalue weighted by Gasteiger charge is 2.27. The fourth-order valence-corrected chi connectivity index (χ4v) is 4.06. The molecule has 0 bridgehead atoms. The van der Waals surface area contributed by atoms with Gasteiger partial charge in [0.2, 0.25) is 0 Å². The number of halogens is 2. The van der Waals surface area contributed by atoms with Crippen molar-refractivity contribution in [3.05, 3.63) is 59.3 Å². The fraction of sp³-hybridized carbons (Fsp3) is 0.200. The molecule has 0 saturated heterocycles. The van der Waals surface area contributed by atoms with Crippen molar-refractivity contribution >= 4 is 20.1 Å². The molecule has 0 aliphatic carbocycles. The van der Waals surface area contributed by atoms with Gasteiger partial charge in [-0.05, 0) is 36.4 Å². The summed E-state index contributed by atoms with van der Waals surface area (Å²) in [5.41, 5.74) is 0. The largest absolute Gasteiger partial charge is 0.618 e. The van der Waals surface area contributed by atoms with Crippen LogP contribution >= 0.6 is 0 Å². The smallest absolute Gasteiger partial charge is 0.328 e. The number of nitrogens with one attached hydrogen (secondary N) is 1. The van der Waals surface area contributed by atoms with Gasteiger partial charge < -0.3 is 9.94 Å². The van der Waals surface area contributed by atoms with Crippen molar-refractivity contribution in [3.8, 4) is 5.75 Å². The maximum atomic E-state index is 13.6. The summed E-state index contributed by atoms with van der Waals surface area (Å²) in [4.78, 5) is -1.21. The summed E-state index contributed by atoms with van der Waals surface area (Å²) in [6, 6.07) is 6.80. The second kappa shape index (κ2) is 8.27. The molecule has 148 valence electrons. The summed E-state index contributed by atoms with van der Waals surface area (Å²) in [5, 5.41) is 11.9. The van der Waals surface area contributed by atoms with E-state index in [0.29, 0.717) is 23.9 Å². The highest BCUT2D eigenvalue weighted by molar-refractivity contribution is 7.86. The predicted molar refractivity (Wildman–Crippen MR) is 88.9 cm³/mol. The molecule has 0 heterocycles. The molecule has 1 unspecified atom stereocenters. The van der Waals surface area contributed by atoms with Crippen LogP contribution < -0.4 is 9.21 Å². The van der Waals surface area contributed by atoms with E-state index in [0.717, 1.165) is 0 Å². The highest BCUT2D eigenvalue weighted by atomic mass is 32.2. The monoisotopic (exact) mass is 423 g/mol. The van der Waals surface area contributed by atoms with Crippen LogP contribution in [-0.4, -0.2) is 37.1 Å². The maximum Gasteiger partial charge on any atom is 0.328 e. The number of benzene rings is 2. The number of hydroxylamine groups is 1. The van der Waals surface area contributed by atoms with Gasteiger partial charge in [-0.3, -0.25) is 8.65 Å². The van der Waals surface area contributed by atoms with Gasteiger partial charge in [-0.25, -0.2) is 8.78 Å². The first-order chi connectivity index (χ1) is 12.6. The van der Waals surface area contributed by atoms with Crippen molar-refractivity contribution in [2.45, 2.75) is 9.79 Å². The molecule has 0 saturated carbocycles.